The maximum Gasteiger partial charge on any atom is 0.220 e. The molecule has 4 N–H and O–H groups in total. The van der Waals surface area contributed by atoms with Gasteiger partial charge in [-0.15, -0.1) is 0 Å². The number of nitrogens with two attached hydrogens (primary N) is 2. The van der Waals surface area contributed by atoms with Crippen LogP contribution in [0.3, 0.4) is 0 Å². The summed E-state index contributed by atoms with van der Waals surface area (Å²) in [4.78, 5) is 25.4. The van der Waals surface area contributed by atoms with Gasteiger partial charge in [0.2, 0.25) is 5.91 Å². The van der Waals surface area contributed by atoms with Crippen molar-refractivity contribution < 1.29 is 9.21 Å². The summed E-state index contributed by atoms with van der Waals surface area (Å²) in [6.07, 6.45) is 1.68. The summed E-state index contributed by atoms with van der Waals surface area (Å²) in [6, 6.07) is 14.7. The van der Waals surface area contributed by atoms with Gasteiger partial charge in [0.1, 0.15) is 11.3 Å². The lowest BCUT2D eigenvalue weighted by atomic mass is 9.83. The van der Waals surface area contributed by atoms with Gasteiger partial charge in [0, 0.05) is 34.9 Å². The first-order valence-electron chi connectivity index (χ1n) is 9.70. The van der Waals surface area contributed by atoms with E-state index in [2.05, 4.69) is 0 Å². The van der Waals surface area contributed by atoms with Crippen molar-refractivity contribution in [3.63, 3.8) is 0 Å². The Morgan fingerprint density at radius 2 is 1.90 bits per heavy atom. The second kappa shape index (κ2) is 9.25. The van der Waals surface area contributed by atoms with Crippen molar-refractivity contribution in [1.29, 1.82) is 0 Å². The third-order valence-electron chi connectivity index (χ3n) is 5.31. The predicted molar refractivity (Wildman–Crippen MR) is 116 cm³/mol. The van der Waals surface area contributed by atoms with Crippen LogP contribution in [-0.2, 0) is 11.2 Å². The van der Waals surface area contributed by atoms with Crippen molar-refractivity contribution in [2.75, 3.05) is 6.54 Å². The van der Waals surface area contributed by atoms with Gasteiger partial charge in [-0.3, -0.25) is 9.59 Å². The largest absolute Gasteiger partial charge is 0.460 e. The number of carbonyl (C=O) groups is 1. The molecule has 1 heterocycles. The molecule has 1 amide bonds. The lowest BCUT2D eigenvalue weighted by Crippen LogP contribution is -2.29. The highest BCUT2D eigenvalue weighted by Crippen LogP contribution is 2.34. The number of benzene rings is 2. The van der Waals surface area contributed by atoms with Gasteiger partial charge in [0.05, 0.1) is 5.39 Å². The lowest BCUT2D eigenvalue weighted by Gasteiger charge is -2.23. The standard InChI is InChI=1S/C23H25ClN2O3/c1-14(23(26)28)17(8-5-11-25)22-19(12-15-6-3-2-4-7-15)21(27)18-10-9-16(24)13-20(18)29-22/h2-4,6-7,9-10,13-14,17H,5,8,11-12,25H2,1H3,(H2,26,28). The summed E-state index contributed by atoms with van der Waals surface area (Å²) < 4.78 is 6.22. The number of primary amides is 1. The fourth-order valence-corrected chi connectivity index (χ4v) is 3.80. The Balaban J connectivity index is 2.24. The molecule has 152 valence electrons. The molecule has 0 aliphatic rings. The minimum atomic E-state index is -0.504. The minimum absolute atomic E-state index is 0.115. The molecule has 3 rings (SSSR count). The molecule has 0 saturated heterocycles. The Morgan fingerprint density at radius 3 is 2.55 bits per heavy atom. The highest BCUT2D eigenvalue weighted by molar-refractivity contribution is 6.31. The van der Waals surface area contributed by atoms with Gasteiger partial charge in [-0.25, -0.2) is 0 Å². The Morgan fingerprint density at radius 1 is 1.17 bits per heavy atom. The van der Waals surface area contributed by atoms with E-state index in [9.17, 15) is 9.59 Å². The quantitative estimate of drug-likeness (QED) is 0.584. The van der Waals surface area contributed by atoms with E-state index in [1.165, 1.54) is 0 Å². The third kappa shape index (κ3) is 4.69. The number of amides is 1. The molecule has 6 heteroatoms. The molecule has 2 atom stereocenters. The molecule has 0 bridgehead atoms. The first-order chi connectivity index (χ1) is 13.9. The molecule has 0 aliphatic carbocycles. The lowest BCUT2D eigenvalue weighted by molar-refractivity contribution is -0.122. The van der Waals surface area contributed by atoms with Crippen molar-refractivity contribution >= 4 is 28.5 Å². The normalized spacial score (nSPS) is 13.3. The van der Waals surface area contributed by atoms with Crippen LogP contribution in [0.5, 0.6) is 0 Å². The Hall–Kier alpha value is -2.63. The van der Waals surface area contributed by atoms with Gasteiger partial charge in [0.15, 0.2) is 5.43 Å². The summed E-state index contributed by atoms with van der Waals surface area (Å²) in [5.74, 6) is -0.790. The maximum atomic E-state index is 13.4. The van der Waals surface area contributed by atoms with E-state index in [4.69, 9.17) is 27.5 Å². The highest BCUT2D eigenvalue weighted by Gasteiger charge is 2.30. The van der Waals surface area contributed by atoms with Crippen molar-refractivity contribution in [3.05, 3.63) is 80.7 Å². The summed E-state index contributed by atoms with van der Waals surface area (Å²) in [7, 11) is 0. The fraction of sp³-hybridized carbons (Fsp3) is 0.304. The molecule has 0 radical (unpaired) electrons. The van der Waals surface area contributed by atoms with Gasteiger partial charge in [0.25, 0.3) is 0 Å². The van der Waals surface area contributed by atoms with Crippen LogP contribution >= 0.6 is 11.6 Å². The third-order valence-corrected chi connectivity index (χ3v) is 5.55. The fourth-order valence-electron chi connectivity index (χ4n) is 3.63. The Labute approximate surface area is 174 Å². The Bertz CT molecular complexity index is 1060. The first-order valence-corrected chi connectivity index (χ1v) is 10.1. The number of hydrogen-bond acceptors (Lipinski definition) is 4. The first kappa shape index (κ1) is 21.1. The smallest absolute Gasteiger partial charge is 0.220 e. The monoisotopic (exact) mass is 412 g/mol. The molecule has 1 aromatic heterocycles. The summed E-state index contributed by atoms with van der Waals surface area (Å²) in [5, 5.41) is 0.942. The molecule has 3 aromatic rings. The molecule has 0 saturated carbocycles. The van der Waals surface area contributed by atoms with E-state index in [0.29, 0.717) is 53.1 Å². The summed E-state index contributed by atoms with van der Waals surface area (Å²) in [5.41, 5.74) is 13.1. The van der Waals surface area contributed by atoms with Crippen LogP contribution in [0.1, 0.15) is 42.6 Å². The van der Waals surface area contributed by atoms with Gasteiger partial charge in [-0.05, 0) is 37.1 Å². The summed E-state index contributed by atoms with van der Waals surface area (Å²) >= 11 is 6.12. The maximum absolute atomic E-state index is 13.4. The van der Waals surface area contributed by atoms with Gasteiger partial charge in [-0.2, -0.15) is 0 Å². The van der Waals surface area contributed by atoms with Crippen LogP contribution in [0.2, 0.25) is 5.02 Å². The molecule has 29 heavy (non-hydrogen) atoms. The molecule has 5 nitrogen and oxygen atoms in total. The van der Waals surface area contributed by atoms with Crippen LogP contribution in [0.15, 0.2) is 57.7 Å². The van der Waals surface area contributed by atoms with Crippen molar-refractivity contribution in [2.24, 2.45) is 17.4 Å². The number of fused-ring (bicyclic) bond motifs is 1. The van der Waals surface area contributed by atoms with Crippen molar-refractivity contribution in [1.82, 2.24) is 0 Å². The van der Waals surface area contributed by atoms with Gasteiger partial charge < -0.3 is 15.9 Å². The minimum Gasteiger partial charge on any atom is -0.460 e. The number of halogens is 1. The van der Waals surface area contributed by atoms with Crippen LogP contribution in [-0.4, -0.2) is 12.5 Å². The Kier molecular flexibility index (Phi) is 6.72. The van der Waals surface area contributed by atoms with Gasteiger partial charge in [-0.1, -0.05) is 48.9 Å². The number of carbonyl (C=O) groups excluding carboxylic acids is 1. The van der Waals surface area contributed by atoms with E-state index < -0.39 is 11.8 Å². The van der Waals surface area contributed by atoms with Crippen LogP contribution in [0, 0.1) is 5.92 Å². The second-order valence-corrected chi connectivity index (χ2v) is 7.74. The molecular formula is C23H25ClN2O3. The zero-order valence-electron chi connectivity index (χ0n) is 16.4. The zero-order valence-corrected chi connectivity index (χ0v) is 17.1. The van der Waals surface area contributed by atoms with Crippen LogP contribution in [0.25, 0.3) is 11.0 Å². The van der Waals surface area contributed by atoms with Crippen molar-refractivity contribution in [2.45, 2.75) is 32.1 Å². The topological polar surface area (TPSA) is 99.3 Å². The van der Waals surface area contributed by atoms with Crippen LogP contribution in [0.4, 0.5) is 0 Å². The molecule has 0 fully saturated rings. The average molecular weight is 413 g/mol. The van der Waals surface area contributed by atoms with E-state index in [1.807, 2.05) is 30.3 Å². The molecule has 2 unspecified atom stereocenters. The van der Waals surface area contributed by atoms with E-state index in [0.717, 1.165) is 5.56 Å². The zero-order chi connectivity index (χ0) is 21.0. The van der Waals surface area contributed by atoms with E-state index in [1.54, 1.807) is 25.1 Å². The van der Waals surface area contributed by atoms with Crippen LogP contribution < -0.4 is 16.9 Å². The SMILES string of the molecule is CC(C(N)=O)C(CCCN)c1oc2cc(Cl)ccc2c(=O)c1Cc1ccccc1. The van der Waals surface area contributed by atoms with Crippen molar-refractivity contribution in [3.8, 4) is 0 Å². The highest BCUT2D eigenvalue weighted by atomic mass is 35.5. The average Bonchev–Trinajstić information content (AvgIpc) is 2.71. The number of rotatable bonds is 8. The summed E-state index contributed by atoms with van der Waals surface area (Å²) in [6.45, 7) is 2.23. The van der Waals surface area contributed by atoms with Gasteiger partial charge >= 0.3 is 0 Å². The molecule has 0 spiro atoms. The predicted octanol–water partition coefficient (Wildman–Crippen LogP) is 3.98. The van der Waals surface area contributed by atoms with E-state index in [-0.39, 0.29) is 11.3 Å². The second-order valence-electron chi connectivity index (χ2n) is 7.31. The molecular weight excluding hydrogens is 388 g/mol. The number of hydrogen-bond donors (Lipinski definition) is 2. The molecule has 2 aromatic carbocycles. The van der Waals surface area contributed by atoms with E-state index >= 15 is 0 Å². The molecule has 0 aliphatic heterocycles.